The zero-order valence-electron chi connectivity index (χ0n) is 17.5. The highest BCUT2D eigenvalue weighted by Crippen LogP contribution is 2.44. The monoisotopic (exact) mass is 460 g/mol. The second-order valence-corrected chi connectivity index (χ2v) is 8.39. The molecule has 2 aliphatic rings. The van der Waals surface area contributed by atoms with Gasteiger partial charge in [0.2, 0.25) is 0 Å². The molecule has 0 radical (unpaired) electrons. The van der Waals surface area contributed by atoms with E-state index < -0.39 is 0 Å². The quantitative estimate of drug-likeness (QED) is 0.600. The maximum absolute atomic E-state index is 13.0. The first-order valence-electron chi connectivity index (χ1n) is 10.3. The molecule has 0 aromatic heterocycles. The molecule has 2 atom stereocenters. The van der Waals surface area contributed by atoms with Gasteiger partial charge >= 0.3 is 0 Å². The van der Waals surface area contributed by atoms with Crippen LogP contribution >= 0.6 is 23.2 Å². The summed E-state index contributed by atoms with van der Waals surface area (Å²) in [5, 5.41) is 3.56. The Labute approximate surface area is 187 Å². The highest BCUT2D eigenvalue weighted by molar-refractivity contribution is 6.43. The highest BCUT2D eigenvalue weighted by Gasteiger charge is 2.30. The summed E-state index contributed by atoms with van der Waals surface area (Å²) in [6, 6.07) is 1.54. The Morgan fingerprint density at radius 3 is 2.77 bits per heavy atom. The Bertz CT molecular complexity index is 734. The Morgan fingerprint density at radius 2 is 2.03 bits per heavy atom. The van der Waals surface area contributed by atoms with E-state index in [1.54, 1.807) is 20.3 Å². The van der Waals surface area contributed by atoms with Crippen LogP contribution < -0.4 is 14.8 Å². The van der Waals surface area contributed by atoms with Crippen LogP contribution in [-0.4, -0.2) is 77.1 Å². The number of benzene rings is 1. The minimum absolute atomic E-state index is 0.0621. The van der Waals surface area contributed by atoms with Crippen molar-refractivity contribution in [3.8, 4) is 11.5 Å². The molecule has 168 valence electrons. The predicted octanol–water partition coefficient (Wildman–Crippen LogP) is 3.26. The number of methoxy groups -OCH3 is 2. The van der Waals surface area contributed by atoms with Gasteiger partial charge in [0, 0.05) is 52.8 Å². The molecule has 1 aromatic rings. The van der Waals surface area contributed by atoms with E-state index in [-0.39, 0.29) is 28.0 Å². The van der Waals surface area contributed by atoms with Crippen LogP contribution in [0.25, 0.3) is 0 Å². The van der Waals surface area contributed by atoms with Crippen molar-refractivity contribution in [3.63, 3.8) is 0 Å². The van der Waals surface area contributed by atoms with Gasteiger partial charge in [-0.3, -0.25) is 4.79 Å². The third-order valence-corrected chi connectivity index (χ3v) is 6.36. The molecule has 1 aromatic carbocycles. The topological polar surface area (TPSA) is 69.3 Å². The number of nitrogens with zero attached hydrogens (tertiary/aromatic N) is 1. The molecular weight excluding hydrogens is 431 g/mol. The molecule has 0 spiro atoms. The molecule has 1 fully saturated rings. The number of amides is 1. The van der Waals surface area contributed by atoms with Gasteiger partial charge in [-0.2, -0.15) is 0 Å². The van der Waals surface area contributed by atoms with Crippen molar-refractivity contribution >= 4 is 29.1 Å². The zero-order valence-corrected chi connectivity index (χ0v) is 19.1. The van der Waals surface area contributed by atoms with Gasteiger partial charge in [0.1, 0.15) is 5.02 Å². The molecular formula is C21H30Cl2N2O5. The highest BCUT2D eigenvalue weighted by atomic mass is 35.5. The number of rotatable bonds is 8. The van der Waals surface area contributed by atoms with Crippen LogP contribution in [0.4, 0.5) is 0 Å². The van der Waals surface area contributed by atoms with Crippen molar-refractivity contribution in [2.75, 3.05) is 60.2 Å². The number of hydrogen-bond acceptors (Lipinski definition) is 6. The van der Waals surface area contributed by atoms with E-state index in [0.29, 0.717) is 43.2 Å². The van der Waals surface area contributed by atoms with Crippen LogP contribution in [0.2, 0.25) is 10.0 Å². The number of piperidine rings is 1. The molecule has 0 bridgehead atoms. The lowest BCUT2D eigenvalue weighted by Gasteiger charge is -2.37. The summed E-state index contributed by atoms with van der Waals surface area (Å²) in [5.74, 6) is 0.672. The average Bonchev–Trinajstić information content (AvgIpc) is 3.01. The molecule has 7 nitrogen and oxygen atoms in total. The number of halogens is 2. The predicted molar refractivity (Wildman–Crippen MR) is 116 cm³/mol. The van der Waals surface area contributed by atoms with Gasteiger partial charge in [-0.05, 0) is 25.5 Å². The van der Waals surface area contributed by atoms with E-state index in [2.05, 4.69) is 10.2 Å². The lowest BCUT2D eigenvalue weighted by atomic mass is 9.93. The summed E-state index contributed by atoms with van der Waals surface area (Å²) >= 11 is 12.5. The van der Waals surface area contributed by atoms with Crippen LogP contribution in [0, 0.1) is 5.92 Å². The zero-order chi connectivity index (χ0) is 21.5. The third kappa shape index (κ3) is 5.71. The molecule has 0 unspecified atom stereocenters. The summed E-state index contributed by atoms with van der Waals surface area (Å²) < 4.78 is 22.3. The molecule has 9 heteroatoms. The van der Waals surface area contributed by atoms with E-state index in [9.17, 15) is 4.79 Å². The Hall–Kier alpha value is -1.25. The number of likely N-dealkylation sites (tertiary alicyclic amines) is 1. The number of ether oxygens (including phenoxy) is 4. The van der Waals surface area contributed by atoms with Gasteiger partial charge in [-0.15, -0.1) is 0 Å². The van der Waals surface area contributed by atoms with E-state index >= 15 is 0 Å². The van der Waals surface area contributed by atoms with Crippen LogP contribution in [0.3, 0.4) is 0 Å². The summed E-state index contributed by atoms with van der Waals surface area (Å²) in [6.07, 6.45) is 2.72. The number of hydrogen-bond donors (Lipinski definition) is 1. The number of carbonyl (C=O) groups excluding carboxylic acids is 1. The van der Waals surface area contributed by atoms with Gasteiger partial charge in [-0.1, -0.05) is 23.2 Å². The molecule has 0 aliphatic carbocycles. The molecule has 0 saturated carbocycles. The van der Waals surface area contributed by atoms with Gasteiger partial charge in [0.05, 0.1) is 29.9 Å². The fourth-order valence-electron chi connectivity index (χ4n) is 3.92. The number of nitrogens with one attached hydrogen (secondary N) is 1. The first-order chi connectivity index (χ1) is 14.5. The van der Waals surface area contributed by atoms with Gasteiger partial charge in [-0.25, -0.2) is 0 Å². The van der Waals surface area contributed by atoms with Crippen molar-refractivity contribution in [2.24, 2.45) is 5.92 Å². The molecule has 2 heterocycles. The van der Waals surface area contributed by atoms with E-state index in [1.807, 2.05) is 0 Å². The largest absolute Gasteiger partial charge is 0.489 e. The van der Waals surface area contributed by atoms with Crippen molar-refractivity contribution in [1.82, 2.24) is 10.2 Å². The Morgan fingerprint density at radius 1 is 1.27 bits per heavy atom. The fraction of sp³-hybridized carbons (Fsp3) is 0.667. The fourth-order valence-corrected chi connectivity index (χ4v) is 4.31. The SMILES string of the molecule is COCCCN1CC[C@@H](CNC(=O)c2cc(Cl)c(Cl)c3c2OCCCO3)[C@H](OC)C1. The average molecular weight is 461 g/mol. The molecule has 1 N–H and O–H groups in total. The maximum atomic E-state index is 13.0. The lowest BCUT2D eigenvalue weighted by Crippen LogP contribution is -2.48. The first kappa shape index (κ1) is 23.4. The number of carbonyl (C=O) groups is 1. The van der Waals surface area contributed by atoms with Crippen LogP contribution in [-0.2, 0) is 9.47 Å². The van der Waals surface area contributed by atoms with Gasteiger partial charge in [0.25, 0.3) is 5.91 Å². The lowest BCUT2D eigenvalue weighted by molar-refractivity contribution is -0.0121. The third-order valence-electron chi connectivity index (χ3n) is 5.59. The minimum atomic E-state index is -0.257. The summed E-state index contributed by atoms with van der Waals surface area (Å²) in [7, 11) is 3.44. The van der Waals surface area contributed by atoms with Crippen molar-refractivity contribution in [3.05, 3.63) is 21.7 Å². The van der Waals surface area contributed by atoms with Crippen molar-refractivity contribution in [2.45, 2.75) is 25.4 Å². The molecule has 30 heavy (non-hydrogen) atoms. The van der Waals surface area contributed by atoms with Crippen LogP contribution in [0.15, 0.2) is 6.07 Å². The Balaban J connectivity index is 1.62. The first-order valence-corrected chi connectivity index (χ1v) is 11.1. The van der Waals surface area contributed by atoms with Crippen molar-refractivity contribution < 1.29 is 23.7 Å². The molecule has 1 saturated heterocycles. The summed E-state index contributed by atoms with van der Waals surface area (Å²) in [4.78, 5) is 15.3. The standard InChI is InChI=1S/C21H30Cl2N2O5/c1-27-8-3-6-25-7-5-14(17(13-25)28-2)12-24-21(26)15-11-16(22)18(23)20-19(15)29-9-4-10-30-20/h11,14,17H,3-10,12-13H2,1-2H3,(H,24,26)/t14-,17+/m0/s1. The van der Waals surface area contributed by atoms with Gasteiger partial charge < -0.3 is 29.2 Å². The van der Waals surface area contributed by atoms with Gasteiger partial charge in [0.15, 0.2) is 11.5 Å². The van der Waals surface area contributed by atoms with E-state index in [1.165, 1.54) is 0 Å². The Kier molecular flexibility index (Phi) is 8.89. The molecule has 2 aliphatic heterocycles. The summed E-state index contributed by atoms with van der Waals surface area (Å²) in [5.41, 5.74) is 0.340. The van der Waals surface area contributed by atoms with E-state index in [0.717, 1.165) is 39.1 Å². The number of fused-ring (bicyclic) bond motifs is 1. The maximum Gasteiger partial charge on any atom is 0.255 e. The second kappa shape index (κ2) is 11.4. The van der Waals surface area contributed by atoms with E-state index in [4.69, 9.17) is 42.1 Å². The molecule has 3 rings (SSSR count). The summed E-state index contributed by atoms with van der Waals surface area (Å²) in [6.45, 7) is 5.00. The minimum Gasteiger partial charge on any atom is -0.489 e. The van der Waals surface area contributed by atoms with Crippen LogP contribution in [0.5, 0.6) is 11.5 Å². The normalized spacial score (nSPS) is 21.9. The molecule has 1 amide bonds. The van der Waals surface area contributed by atoms with Crippen LogP contribution in [0.1, 0.15) is 29.6 Å². The smallest absolute Gasteiger partial charge is 0.255 e. The van der Waals surface area contributed by atoms with Crippen molar-refractivity contribution in [1.29, 1.82) is 0 Å². The second-order valence-electron chi connectivity index (χ2n) is 7.61.